The van der Waals surface area contributed by atoms with Crippen LogP contribution in [0.1, 0.15) is 84.2 Å². The molecule has 4 rings (SSSR count). The molecule has 0 aromatic heterocycles. The summed E-state index contributed by atoms with van der Waals surface area (Å²) in [5, 5.41) is 0. The maximum atomic E-state index is 15.0. The smallest absolute Gasteiger partial charge is 0.162 e. The number of hydrogen-bond donors (Lipinski definition) is 0. The fourth-order valence-electron chi connectivity index (χ4n) is 5.36. The highest BCUT2D eigenvalue weighted by atomic mass is 19.2. The first-order valence-electron chi connectivity index (χ1n) is 12.6. The van der Waals surface area contributed by atoms with Gasteiger partial charge in [-0.1, -0.05) is 49.7 Å². The maximum Gasteiger partial charge on any atom is 0.162 e. The minimum absolute atomic E-state index is 0.0392. The van der Waals surface area contributed by atoms with Crippen LogP contribution in [0.4, 0.5) is 26.3 Å². The highest BCUT2D eigenvalue weighted by Crippen LogP contribution is 2.42. The van der Waals surface area contributed by atoms with Gasteiger partial charge in [0.25, 0.3) is 0 Å². The average molecular weight is 505 g/mol. The Morgan fingerprint density at radius 1 is 0.528 bits per heavy atom. The minimum atomic E-state index is -0.968. The Bertz CT molecular complexity index is 1240. The quantitative estimate of drug-likeness (QED) is 0.282. The average Bonchev–Trinajstić information content (AvgIpc) is 2.88. The van der Waals surface area contributed by atoms with Crippen LogP contribution in [0, 0.1) is 41.8 Å². The molecule has 1 fully saturated rings. The molecule has 0 radical (unpaired) electrons. The predicted octanol–water partition coefficient (Wildman–Crippen LogP) is 9.01. The first-order valence-corrected chi connectivity index (χ1v) is 12.6. The molecule has 36 heavy (non-hydrogen) atoms. The highest BCUT2D eigenvalue weighted by Gasteiger charge is 2.29. The SMILES string of the molecule is CCCc1ccc(CCc2ccc(C3CCC(c4ccc(C)c(F)c4F)CC3)c(F)c2F)c(F)c1F. The third-order valence-corrected chi connectivity index (χ3v) is 7.53. The fraction of sp³-hybridized carbons (Fsp3) is 0.400. The zero-order chi connectivity index (χ0) is 26.0. The van der Waals surface area contributed by atoms with Crippen molar-refractivity contribution in [1.29, 1.82) is 0 Å². The monoisotopic (exact) mass is 504 g/mol. The standard InChI is InChI=1S/C30H30F6/c1-3-4-20-10-11-21(27(33)26(20)32)12-13-22-14-16-24(30(36)28(22)34)19-8-6-18(7-9-19)23-15-5-17(2)25(31)29(23)35/h5,10-11,14-16,18-19H,3-4,6-9,12-13H2,1-2H3. The molecular formula is C30H30F6. The first kappa shape index (κ1) is 26.3. The van der Waals surface area contributed by atoms with E-state index in [9.17, 15) is 22.0 Å². The molecule has 0 nitrogen and oxygen atoms in total. The van der Waals surface area contributed by atoms with Crippen LogP contribution in [0.3, 0.4) is 0 Å². The third-order valence-electron chi connectivity index (χ3n) is 7.53. The summed E-state index contributed by atoms with van der Waals surface area (Å²) in [4.78, 5) is 0. The molecule has 0 atom stereocenters. The lowest BCUT2D eigenvalue weighted by atomic mass is 9.75. The van der Waals surface area contributed by atoms with Crippen LogP contribution in [0.25, 0.3) is 0 Å². The number of halogens is 6. The maximum absolute atomic E-state index is 15.0. The normalized spacial score (nSPS) is 18.0. The summed E-state index contributed by atoms with van der Waals surface area (Å²) < 4.78 is 86.9. The third kappa shape index (κ3) is 5.18. The summed E-state index contributed by atoms with van der Waals surface area (Å²) in [6.07, 6.45) is 3.37. The van der Waals surface area contributed by atoms with Crippen molar-refractivity contribution in [3.05, 3.63) is 105 Å². The molecule has 0 saturated heterocycles. The molecule has 0 amide bonds. The van der Waals surface area contributed by atoms with Crippen LogP contribution >= 0.6 is 0 Å². The summed E-state index contributed by atoms with van der Waals surface area (Å²) in [5.41, 5.74) is 1.42. The van der Waals surface area contributed by atoms with Crippen molar-refractivity contribution in [3.8, 4) is 0 Å². The number of rotatable bonds is 7. The molecule has 1 aliphatic carbocycles. The van der Waals surface area contributed by atoms with Crippen molar-refractivity contribution >= 4 is 0 Å². The van der Waals surface area contributed by atoms with E-state index in [1.165, 1.54) is 19.1 Å². The number of aryl methyl sites for hydroxylation is 4. The van der Waals surface area contributed by atoms with Gasteiger partial charge in [-0.15, -0.1) is 0 Å². The van der Waals surface area contributed by atoms with Gasteiger partial charge in [-0.25, -0.2) is 26.3 Å². The Morgan fingerprint density at radius 2 is 0.917 bits per heavy atom. The molecule has 3 aromatic rings. The molecule has 6 heteroatoms. The zero-order valence-electron chi connectivity index (χ0n) is 20.5. The van der Waals surface area contributed by atoms with E-state index in [-0.39, 0.29) is 46.9 Å². The van der Waals surface area contributed by atoms with Crippen molar-refractivity contribution in [3.63, 3.8) is 0 Å². The number of hydrogen-bond acceptors (Lipinski definition) is 0. The van der Waals surface area contributed by atoms with Gasteiger partial charge in [-0.2, -0.15) is 0 Å². The van der Waals surface area contributed by atoms with Crippen molar-refractivity contribution in [1.82, 2.24) is 0 Å². The van der Waals surface area contributed by atoms with Gasteiger partial charge in [-0.3, -0.25) is 0 Å². The van der Waals surface area contributed by atoms with Gasteiger partial charge in [0.1, 0.15) is 0 Å². The molecule has 0 spiro atoms. The molecule has 0 bridgehead atoms. The van der Waals surface area contributed by atoms with E-state index in [1.54, 1.807) is 24.3 Å². The minimum Gasteiger partial charge on any atom is -0.203 e. The van der Waals surface area contributed by atoms with E-state index >= 15 is 4.39 Å². The topological polar surface area (TPSA) is 0 Å². The summed E-state index contributed by atoms with van der Waals surface area (Å²) in [5.74, 6) is -5.74. The van der Waals surface area contributed by atoms with E-state index in [0.717, 1.165) is 0 Å². The first-order chi connectivity index (χ1) is 17.2. The molecule has 1 saturated carbocycles. The summed E-state index contributed by atoms with van der Waals surface area (Å²) >= 11 is 0. The Balaban J connectivity index is 1.43. The summed E-state index contributed by atoms with van der Waals surface area (Å²) in [6.45, 7) is 3.39. The second kappa shape index (κ2) is 11.1. The van der Waals surface area contributed by atoms with E-state index in [0.29, 0.717) is 49.7 Å². The van der Waals surface area contributed by atoms with E-state index in [2.05, 4.69) is 0 Å². The lowest BCUT2D eigenvalue weighted by molar-refractivity contribution is 0.369. The fourth-order valence-corrected chi connectivity index (χ4v) is 5.36. The molecular weight excluding hydrogens is 474 g/mol. The molecule has 1 aliphatic rings. The van der Waals surface area contributed by atoms with Gasteiger partial charge in [0.2, 0.25) is 0 Å². The Labute approximate surface area is 208 Å². The van der Waals surface area contributed by atoms with Crippen LogP contribution < -0.4 is 0 Å². The Hall–Kier alpha value is -2.76. The van der Waals surface area contributed by atoms with Gasteiger partial charge in [0, 0.05) is 0 Å². The largest absolute Gasteiger partial charge is 0.203 e. The van der Waals surface area contributed by atoms with Gasteiger partial charge < -0.3 is 0 Å². The molecule has 0 unspecified atom stereocenters. The second-order valence-corrected chi connectivity index (χ2v) is 9.85. The van der Waals surface area contributed by atoms with Gasteiger partial charge in [0.05, 0.1) is 0 Å². The van der Waals surface area contributed by atoms with Crippen molar-refractivity contribution in [2.75, 3.05) is 0 Å². The zero-order valence-corrected chi connectivity index (χ0v) is 20.5. The van der Waals surface area contributed by atoms with Crippen LogP contribution in [0.5, 0.6) is 0 Å². The van der Waals surface area contributed by atoms with Gasteiger partial charge >= 0.3 is 0 Å². The van der Waals surface area contributed by atoms with Gasteiger partial charge in [0.15, 0.2) is 34.9 Å². The molecule has 192 valence electrons. The van der Waals surface area contributed by atoms with E-state index in [1.807, 2.05) is 6.92 Å². The van der Waals surface area contributed by atoms with E-state index in [4.69, 9.17) is 0 Å². The molecule has 0 heterocycles. The van der Waals surface area contributed by atoms with Crippen LogP contribution in [0.15, 0.2) is 36.4 Å². The molecule has 0 aliphatic heterocycles. The molecule has 3 aromatic carbocycles. The number of benzene rings is 3. The Kier molecular flexibility index (Phi) is 8.11. The van der Waals surface area contributed by atoms with Gasteiger partial charge in [-0.05, 0) is 97.1 Å². The van der Waals surface area contributed by atoms with Crippen LogP contribution in [-0.2, 0) is 19.3 Å². The van der Waals surface area contributed by atoms with Crippen LogP contribution in [0.2, 0.25) is 0 Å². The van der Waals surface area contributed by atoms with Crippen molar-refractivity contribution in [2.45, 2.75) is 77.0 Å². The predicted molar refractivity (Wildman–Crippen MR) is 129 cm³/mol. The lowest BCUT2D eigenvalue weighted by Gasteiger charge is -2.30. The van der Waals surface area contributed by atoms with Crippen molar-refractivity contribution in [2.24, 2.45) is 0 Å². The Morgan fingerprint density at radius 3 is 1.42 bits per heavy atom. The summed E-state index contributed by atoms with van der Waals surface area (Å²) in [6, 6.07) is 9.30. The second-order valence-electron chi connectivity index (χ2n) is 9.85. The highest BCUT2D eigenvalue weighted by molar-refractivity contribution is 5.33. The summed E-state index contributed by atoms with van der Waals surface area (Å²) in [7, 11) is 0. The van der Waals surface area contributed by atoms with Crippen molar-refractivity contribution < 1.29 is 26.3 Å². The van der Waals surface area contributed by atoms with Crippen LogP contribution in [-0.4, -0.2) is 0 Å². The van der Waals surface area contributed by atoms with E-state index < -0.39 is 34.9 Å². The molecule has 0 N–H and O–H groups in total. The lowest BCUT2D eigenvalue weighted by Crippen LogP contribution is -2.16.